The molecule has 2 aliphatic heterocycles. The zero-order chi connectivity index (χ0) is 20.7. The minimum absolute atomic E-state index is 0.0818. The number of aryl methyl sites for hydroxylation is 1. The van der Waals surface area contributed by atoms with Crippen LogP contribution >= 0.6 is 11.3 Å². The number of piperidine rings is 2. The number of hydrogen-bond acceptors (Lipinski definition) is 8. The van der Waals surface area contributed by atoms with Crippen molar-refractivity contribution in [2.75, 3.05) is 0 Å². The highest BCUT2D eigenvalue weighted by molar-refractivity contribution is 7.14. The smallest absolute Gasteiger partial charge is 0.233 e. The standard InChI is InChI=1S/C21H22FN5O2S/c1-11-24-27-21(30-11)12-5-6-14(17(28)9-12)15-7-8-19(26-25-15)29-18-10-13-3-2-4-16(23-13)20(18)22/h5-9,13,16,18,20,23,28H,2-4,10H2,1H3/t13?,16?,18-,20+/m0/s1. The van der Waals surface area contributed by atoms with Crippen LogP contribution < -0.4 is 10.1 Å². The largest absolute Gasteiger partial charge is 0.507 e. The number of aromatic hydroxyl groups is 1. The molecule has 2 aromatic heterocycles. The fourth-order valence-corrected chi connectivity index (χ4v) is 4.94. The van der Waals surface area contributed by atoms with E-state index in [2.05, 4.69) is 25.7 Å². The number of nitrogens with zero attached hydrogens (tertiary/aromatic N) is 4. The van der Waals surface area contributed by atoms with E-state index in [-0.39, 0.29) is 11.8 Å². The molecule has 2 bridgehead atoms. The van der Waals surface area contributed by atoms with Gasteiger partial charge in [-0.2, -0.15) is 0 Å². The van der Waals surface area contributed by atoms with Gasteiger partial charge in [-0.05, 0) is 38.0 Å². The summed E-state index contributed by atoms with van der Waals surface area (Å²) in [4.78, 5) is 0. The molecular weight excluding hydrogens is 405 g/mol. The summed E-state index contributed by atoms with van der Waals surface area (Å²) >= 11 is 1.46. The highest BCUT2D eigenvalue weighted by atomic mass is 32.1. The minimum Gasteiger partial charge on any atom is -0.507 e. The maximum atomic E-state index is 14.7. The summed E-state index contributed by atoms with van der Waals surface area (Å²) in [6.07, 6.45) is 2.03. The van der Waals surface area contributed by atoms with Crippen LogP contribution in [0.5, 0.6) is 11.6 Å². The van der Waals surface area contributed by atoms with Crippen LogP contribution in [0.2, 0.25) is 0 Å². The Morgan fingerprint density at radius 3 is 2.77 bits per heavy atom. The average Bonchev–Trinajstić information content (AvgIpc) is 3.19. The Hall–Kier alpha value is -2.65. The lowest BCUT2D eigenvalue weighted by molar-refractivity contribution is 0.00652. The number of ether oxygens (including phenoxy) is 1. The third-order valence-electron chi connectivity index (χ3n) is 5.73. The molecular formula is C21H22FN5O2S. The molecule has 2 aliphatic rings. The van der Waals surface area contributed by atoms with E-state index in [1.165, 1.54) is 11.3 Å². The van der Waals surface area contributed by atoms with E-state index >= 15 is 0 Å². The second kappa shape index (κ2) is 7.88. The number of rotatable bonds is 4. The molecule has 7 nitrogen and oxygen atoms in total. The molecule has 0 radical (unpaired) electrons. The number of fused-ring (bicyclic) bond motifs is 2. The van der Waals surface area contributed by atoms with Gasteiger partial charge in [0.1, 0.15) is 21.9 Å². The summed E-state index contributed by atoms with van der Waals surface area (Å²) < 4.78 is 20.5. The zero-order valence-corrected chi connectivity index (χ0v) is 17.3. The van der Waals surface area contributed by atoms with Crippen molar-refractivity contribution in [3.63, 3.8) is 0 Å². The number of phenols is 1. The van der Waals surface area contributed by atoms with Crippen LogP contribution in [-0.4, -0.2) is 49.9 Å². The molecule has 2 unspecified atom stereocenters. The summed E-state index contributed by atoms with van der Waals surface area (Å²) in [6.45, 7) is 1.88. The number of hydrogen-bond donors (Lipinski definition) is 2. The van der Waals surface area contributed by atoms with Crippen LogP contribution in [0.3, 0.4) is 0 Å². The molecule has 0 amide bonds. The Kier molecular flexibility index (Phi) is 5.08. The van der Waals surface area contributed by atoms with Crippen molar-refractivity contribution >= 4 is 11.3 Å². The van der Waals surface area contributed by atoms with E-state index < -0.39 is 12.3 Å². The Labute approximate surface area is 177 Å². The molecule has 0 aliphatic carbocycles. The van der Waals surface area contributed by atoms with Gasteiger partial charge in [0.15, 0.2) is 6.17 Å². The summed E-state index contributed by atoms with van der Waals surface area (Å²) in [5.41, 5.74) is 1.86. The van der Waals surface area contributed by atoms with E-state index in [4.69, 9.17) is 4.74 Å². The third kappa shape index (κ3) is 3.75. The number of aromatic nitrogens is 4. The van der Waals surface area contributed by atoms with Gasteiger partial charge in [-0.15, -0.1) is 20.4 Å². The minimum atomic E-state index is -1.05. The Bertz CT molecular complexity index is 1040. The van der Waals surface area contributed by atoms with Crippen LogP contribution in [-0.2, 0) is 0 Å². The van der Waals surface area contributed by atoms with Gasteiger partial charge < -0.3 is 15.2 Å². The van der Waals surface area contributed by atoms with Gasteiger partial charge in [0, 0.05) is 35.7 Å². The van der Waals surface area contributed by atoms with Crippen LogP contribution in [0, 0.1) is 6.92 Å². The highest BCUT2D eigenvalue weighted by Crippen LogP contribution is 2.34. The summed E-state index contributed by atoms with van der Waals surface area (Å²) in [7, 11) is 0. The monoisotopic (exact) mass is 427 g/mol. The molecule has 3 aromatic rings. The predicted molar refractivity (Wildman–Crippen MR) is 111 cm³/mol. The van der Waals surface area contributed by atoms with E-state index in [1.54, 1.807) is 24.3 Å². The normalized spacial score (nSPS) is 25.8. The Morgan fingerprint density at radius 2 is 2.03 bits per heavy atom. The van der Waals surface area contributed by atoms with Crippen molar-refractivity contribution in [1.82, 2.24) is 25.7 Å². The molecule has 5 rings (SSSR count). The lowest BCUT2D eigenvalue weighted by atomic mass is 9.84. The van der Waals surface area contributed by atoms with Gasteiger partial charge in [0.2, 0.25) is 5.88 Å². The lowest BCUT2D eigenvalue weighted by Crippen LogP contribution is -2.59. The first-order chi connectivity index (χ1) is 14.6. The van der Waals surface area contributed by atoms with E-state index in [0.29, 0.717) is 29.6 Å². The topological polar surface area (TPSA) is 93.1 Å². The predicted octanol–water partition coefficient (Wildman–Crippen LogP) is 3.68. The van der Waals surface area contributed by atoms with Crippen molar-refractivity contribution in [2.24, 2.45) is 0 Å². The number of nitrogens with one attached hydrogen (secondary N) is 1. The van der Waals surface area contributed by atoms with Gasteiger partial charge in [-0.1, -0.05) is 23.8 Å². The summed E-state index contributed by atoms with van der Waals surface area (Å²) in [5, 5.41) is 31.8. The van der Waals surface area contributed by atoms with Crippen LogP contribution in [0.1, 0.15) is 30.7 Å². The number of benzene rings is 1. The van der Waals surface area contributed by atoms with Crippen molar-refractivity contribution in [2.45, 2.75) is 57.0 Å². The molecule has 1 aromatic carbocycles. The molecule has 4 atom stereocenters. The maximum absolute atomic E-state index is 14.7. The van der Waals surface area contributed by atoms with Gasteiger partial charge >= 0.3 is 0 Å². The van der Waals surface area contributed by atoms with Crippen molar-refractivity contribution in [3.8, 4) is 33.5 Å². The highest BCUT2D eigenvalue weighted by Gasteiger charge is 2.41. The molecule has 2 fully saturated rings. The van der Waals surface area contributed by atoms with Crippen molar-refractivity contribution in [3.05, 3.63) is 35.3 Å². The van der Waals surface area contributed by atoms with Gasteiger partial charge in [-0.25, -0.2) is 4.39 Å². The van der Waals surface area contributed by atoms with Crippen LogP contribution in [0.25, 0.3) is 21.8 Å². The second-order valence-electron chi connectivity index (χ2n) is 7.85. The van der Waals surface area contributed by atoms with Gasteiger partial charge in [0.05, 0.1) is 5.69 Å². The molecule has 9 heteroatoms. The number of alkyl halides is 1. The second-order valence-corrected chi connectivity index (χ2v) is 9.03. The number of halogens is 1. The fourth-order valence-electron chi connectivity index (χ4n) is 4.25. The maximum Gasteiger partial charge on any atom is 0.233 e. The fraction of sp³-hybridized carbons (Fsp3) is 0.429. The zero-order valence-electron chi connectivity index (χ0n) is 16.5. The van der Waals surface area contributed by atoms with Crippen molar-refractivity contribution in [1.29, 1.82) is 0 Å². The average molecular weight is 428 g/mol. The lowest BCUT2D eigenvalue weighted by Gasteiger charge is -2.42. The van der Waals surface area contributed by atoms with Crippen LogP contribution in [0.15, 0.2) is 30.3 Å². The molecule has 2 saturated heterocycles. The quantitative estimate of drug-likeness (QED) is 0.656. The number of phenolic OH excluding ortho intramolecular Hbond substituents is 1. The molecule has 30 heavy (non-hydrogen) atoms. The molecule has 0 saturated carbocycles. The van der Waals surface area contributed by atoms with Gasteiger partial charge in [0.25, 0.3) is 0 Å². The van der Waals surface area contributed by atoms with Gasteiger partial charge in [-0.3, -0.25) is 0 Å². The molecule has 156 valence electrons. The Morgan fingerprint density at radius 1 is 1.13 bits per heavy atom. The Balaban J connectivity index is 1.31. The summed E-state index contributed by atoms with van der Waals surface area (Å²) in [6, 6.07) is 8.85. The molecule has 2 N–H and O–H groups in total. The van der Waals surface area contributed by atoms with E-state index in [1.807, 2.05) is 13.0 Å². The van der Waals surface area contributed by atoms with Crippen molar-refractivity contribution < 1.29 is 14.2 Å². The third-order valence-corrected chi connectivity index (χ3v) is 6.62. The molecule has 4 heterocycles. The summed E-state index contributed by atoms with van der Waals surface area (Å²) in [5.74, 6) is 0.380. The van der Waals surface area contributed by atoms with E-state index in [0.717, 1.165) is 34.8 Å². The molecule has 0 spiro atoms. The first kappa shape index (κ1) is 19.3. The van der Waals surface area contributed by atoms with E-state index in [9.17, 15) is 9.50 Å². The first-order valence-corrected chi connectivity index (χ1v) is 10.9. The first-order valence-electron chi connectivity index (χ1n) is 10.1. The van der Waals surface area contributed by atoms with Crippen LogP contribution in [0.4, 0.5) is 4.39 Å². The SMILES string of the molecule is Cc1nnc(-c2ccc(-c3ccc(O[C@H]4CC5CCCC(N5)[C@H]4F)nn3)c(O)c2)s1.